The molecule has 0 aromatic heterocycles. The Morgan fingerprint density at radius 2 is 2.13 bits per heavy atom. The van der Waals surface area contributed by atoms with E-state index in [0.717, 1.165) is 24.0 Å². The Balaban J connectivity index is 1.87. The average molecular weight is 231 g/mol. The molecule has 90 valence electrons. The van der Waals surface area contributed by atoms with Gasteiger partial charge in [-0.25, -0.2) is 0 Å². The van der Waals surface area contributed by atoms with Crippen LogP contribution in [0.1, 0.15) is 40.0 Å². The van der Waals surface area contributed by atoms with Crippen LogP contribution in [0.5, 0.6) is 0 Å². The molecule has 0 aromatic rings. The third-order valence-corrected chi connectivity index (χ3v) is 3.98. The molecule has 1 aliphatic carbocycles. The fraction of sp³-hybridized carbons (Fsp3) is 1.00. The summed E-state index contributed by atoms with van der Waals surface area (Å²) in [5, 5.41) is 13.0. The molecule has 2 nitrogen and oxygen atoms in total. The van der Waals surface area contributed by atoms with Gasteiger partial charge in [-0.05, 0) is 33.1 Å². The van der Waals surface area contributed by atoms with Crippen LogP contribution in [-0.2, 0) is 0 Å². The van der Waals surface area contributed by atoms with Gasteiger partial charge in [-0.15, -0.1) is 0 Å². The molecule has 0 saturated heterocycles. The largest absolute Gasteiger partial charge is 0.390 e. The van der Waals surface area contributed by atoms with Crippen LogP contribution in [0.4, 0.5) is 0 Å². The summed E-state index contributed by atoms with van der Waals surface area (Å²) in [6.45, 7) is 7.07. The van der Waals surface area contributed by atoms with Crippen molar-refractivity contribution in [3.63, 3.8) is 0 Å². The Labute approximate surface area is 98.2 Å². The van der Waals surface area contributed by atoms with Crippen LogP contribution >= 0.6 is 11.8 Å². The zero-order chi connectivity index (χ0) is 11.3. The molecule has 1 atom stereocenters. The molecule has 0 radical (unpaired) electrons. The number of nitrogens with one attached hydrogen (secondary N) is 1. The van der Waals surface area contributed by atoms with E-state index in [0.29, 0.717) is 6.04 Å². The maximum atomic E-state index is 9.51. The second-order valence-electron chi connectivity index (χ2n) is 5.40. The summed E-state index contributed by atoms with van der Waals surface area (Å²) in [4.78, 5) is 0. The fourth-order valence-corrected chi connectivity index (χ4v) is 2.54. The van der Waals surface area contributed by atoms with Gasteiger partial charge in [-0.1, -0.05) is 12.8 Å². The van der Waals surface area contributed by atoms with Crippen molar-refractivity contribution in [1.82, 2.24) is 5.32 Å². The molecule has 0 bridgehead atoms. The van der Waals surface area contributed by atoms with Crippen molar-refractivity contribution in [1.29, 1.82) is 0 Å². The SMILES string of the molecule is CC(CC1CC1)NCCSCC(C)(C)O. The second-order valence-corrected chi connectivity index (χ2v) is 6.50. The predicted octanol–water partition coefficient (Wildman–Crippen LogP) is 2.27. The maximum absolute atomic E-state index is 9.51. The Morgan fingerprint density at radius 3 is 2.67 bits per heavy atom. The summed E-state index contributed by atoms with van der Waals surface area (Å²) >= 11 is 1.82. The lowest BCUT2D eigenvalue weighted by Gasteiger charge is -2.17. The first-order valence-corrected chi connectivity index (χ1v) is 7.16. The van der Waals surface area contributed by atoms with E-state index in [1.165, 1.54) is 19.3 Å². The quantitative estimate of drug-likeness (QED) is 0.629. The van der Waals surface area contributed by atoms with Crippen LogP contribution in [0, 0.1) is 5.92 Å². The number of hydrogen-bond acceptors (Lipinski definition) is 3. The van der Waals surface area contributed by atoms with E-state index in [9.17, 15) is 5.11 Å². The van der Waals surface area contributed by atoms with Gasteiger partial charge in [0.2, 0.25) is 0 Å². The highest BCUT2D eigenvalue weighted by atomic mass is 32.2. The van der Waals surface area contributed by atoms with Gasteiger partial charge in [0.05, 0.1) is 5.60 Å². The van der Waals surface area contributed by atoms with E-state index < -0.39 is 5.60 Å². The van der Waals surface area contributed by atoms with Crippen LogP contribution in [0.25, 0.3) is 0 Å². The van der Waals surface area contributed by atoms with E-state index >= 15 is 0 Å². The van der Waals surface area contributed by atoms with Gasteiger partial charge in [-0.2, -0.15) is 11.8 Å². The highest BCUT2D eigenvalue weighted by molar-refractivity contribution is 7.99. The monoisotopic (exact) mass is 231 g/mol. The van der Waals surface area contributed by atoms with Gasteiger partial charge in [0.15, 0.2) is 0 Å². The van der Waals surface area contributed by atoms with Gasteiger partial charge in [0.25, 0.3) is 0 Å². The molecule has 0 aliphatic heterocycles. The first-order valence-electron chi connectivity index (χ1n) is 6.01. The molecular formula is C12H25NOS. The molecule has 0 amide bonds. The molecule has 0 spiro atoms. The van der Waals surface area contributed by atoms with Gasteiger partial charge < -0.3 is 10.4 Å². The van der Waals surface area contributed by atoms with E-state index in [-0.39, 0.29) is 0 Å². The summed E-state index contributed by atoms with van der Waals surface area (Å²) in [5.74, 6) is 2.93. The van der Waals surface area contributed by atoms with Gasteiger partial charge >= 0.3 is 0 Å². The number of rotatable bonds is 8. The summed E-state index contributed by atoms with van der Waals surface area (Å²) in [6.07, 6.45) is 4.23. The van der Waals surface area contributed by atoms with Crippen molar-refractivity contribution in [2.45, 2.75) is 51.7 Å². The Bertz CT molecular complexity index is 175. The highest BCUT2D eigenvalue weighted by Crippen LogP contribution is 2.33. The zero-order valence-electron chi connectivity index (χ0n) is 10.3. The van der Waals surface area contributed by atoms with Gasteiger partial charge in [-0.3, -0.25) is 0 Å². The first-order chi connectivity index (χ1) is 6.97. The van der Waals surface area contributed by atoms with Crippen molar-refractivity contribution in [3.05, 3.63) is 0 Å². The van der Waals surface area contributed by atoms with E-state index in [2.05, 4.69) is 12.2 Å². The zero-order valence-corrected chi connectivity index (χ0v) is 11.1. The summed E-state index contributed by atoms with van der Waals surface area (Å²) in [5.41, 5.74) is -0.524. The van der Waals surface area contributed by atoms with E-state index in [1.54, 1.807) is 0 Å². The third-order valence-electron chi connectivity index (χ3n) is 2.58. The Hall–Kier alpha value is 0.270. The average Bonchev–Trinajstić information content (AvgIpc) is 2.85. The third kappa shape index (κ3) is 8.12. The van der Waals surface area contributed by atoms with Crippen molar-refractivity contribution >= 4 is 11.8 Å². The second kappa shape index (κ2) is 6.12. The topological polar surface area (TPSA) is 32.3 Å². The molecule has 1 fully saturated rings. The standard InChI is InChI=1S/C12H25NOS/c1-10(8-11-4-5-11)13-6-7-15-9-12(2,3)14/h10-11,13-14H,4-9H2,1-3H3. The maximum Gasteiger partial charge on any atom is 0.0681 e. The molecule has 1 aliphatic rings. The summed E-state index contributed by atoms with van der Waals surface area (Å²) in [7, 11) is 0. The van der Waals surface area contributed by atoms with Crippen LogP contribution in [0.2, 0.25) is 0 Å². The van der Waals surface area contributed by atoms with Crippen LogP contribution in [-0.4, -0.2) is 34.8 Å². The number of thioether (sulfide) groups is 1. The summed E-state index contributed by atoms with van der Waals surface area (Å²) in [6, 6.07) is 0.667. The Kier molecular flexibility index (Phi) is 5.44. The molecular weight excluding hydrogens is 206 g/mol. The molecule has 0 aromatic carbocycles. The minimum Gasteiger partial charge on any atom is -0.390 e. The lowest BCUT2D eigenvalue weighted by Crippen LogP contribution is -2.29. The van der Waals surface area contributed by atoms with Crippen molar-refractivity contribution in [2.75, 3.05) is 18.1 Å². The molecule has 1 saturated carbocycles. The molecule has 1 rings (SSSR count). The van der Waals surface area contributed by atoms with Crippen LogP contribution in [0.15, 0.2) is 0 Å². The van der Waals surface area contributed by atoms with Crippen molar-refractivity contribution in [3.8, 4) is 0 Å². The molecule has 15 heavy (non-hydrogen) atoms. The lowest BCUT2D eigenvalue weighted by molar-refractivity contribution is 0.107. The van der Waals surface area contributed by atoms with E-state index in [1.807, 2.05) is 25.6 Å². The van der Waals surface area contributed by atoms with Crippen LogP contribution < -0.4 is 5.32 Å². The molecule has 3 heteroatoms. The Morgan fingerprint density at radius 1 is 1.47 bits per heavy atom. The first kappa shape index (κ1) is 13.3. The minimum absolute atomic E-state index is 0.524. The van der Waals surface area contributed by atoms with Crippen LogP contribution in [0.3, 0.4) is 0 Å². The molecule has 2 N–H and O–H groups in total. The van der Waals surface area contributed by atoms with Crippen molar-refractivity contribution < 1.29 is 5.11 Å². The normalized spacial score (nSPS) is 19.2. The highest BCUT2D eigenvalue weighted by Gasteiger charge is 2.23. The minimum atomic E-state index is -0.524. The van der Waals surface area contributed by atoms with Crippen molar-refractivity contribution in [2.24, 2.45) is 5.92 Å². The summed E-state index contributed by atoms with van der Waals surface area (Å²) < 4.78 is 0. The fourth-order valence-electron chi connectivity index (χ4n) is 1.64. The number of aliphatic hydroxyl groups is 1. The smallest absolute Gasteiger partial charge is 0.0681 e. The van der Waals surface area contributed by atoms with Gasteiger partial charge in [0.1, 0.15) is 0 Å². The van der Waals surface area contributed by atoms with Gasteiger partial charge in [0, 0.05) is 24.1 Å². The number of hydrogen-bond donors (Lipinski definition) is 2. The molecule has 1 unspecified atom stereocenters. The predicted molar refractivity (Wildman–Crippen MR) is 68.4 cm³/mol. The lowest BCUT2D eigenvalue weighted by atomic mass is 10.2. The van der Waals surface area contributed by atoms with E-state index in [4.69, 9.17) is 0 Å². The molecule has 0 heterocycles.